The number of hydrogen-bond donors (Lipinski definition) is 0. The Morgan fingerprint density at radius 3 is 1.79 bits per heavy atom. The maximum absolute atomic E-state index is 5.39. The number of ether oxygens (including phenoxy) is 1. The van der Waals surface area contributed by atoms with Crippen molar-refractivity contribution >= 4 is 18.4 Å². The predicted octanol–water partition coefficient (Wildman–Crippen LogP) is 4.62. The van der Waals surface area contributed by atoms with Gasteiger partial charge in [0.25, 0.3) is 0 Å². The summed E-state index contributed by atoms with van der Waals surface area (Å²) in [5, 5.41) is 3.43. The van der Waals surface area contributed by atoms with Crippen molar-refractivity contribution < 1.29 is 4.74 Å². The second-order valence-corrected chi connectivity index (χ2v) is 13.1. The summed E-state index contributed by atoms with van der Waals surface area (Å²) in [7, 11) is -1.84. The first kappa shape index (κ1) is 17.4. The van der Waals surface area contributed by atoms with E-state index in [-0.39, 0.29) is 5.04 Å². The van der Waals surface area contributed by atoms with Gasteiger partial charge in [0.2, 0.25) is 0 Å². The molecule has 2 heteroatoms. The van der Waals surface area contributed by atoms with Crippen LogP contribution in [0.2, 0.25) is 11.1 Å². The van der Waals surface area contributed by atoms with Crippen LogP contribution in [0.5, 0.6) is 0 Å². The normalized spacial score (nSPS) is 17.7. The summed E-state index contributed by atoms with van der Waals surface area (Å²) in [6.45, 7) is 8.33. The van der Waals surface area contributed by atoms with Gasteiger partial charge in [0.05, 0.1) is 12.7 Å². The molecule has 0 spiro atoms. The summed E-state index contributed by atoms with van der Waals surface area (Å²) < 4.78 is 5.39. The molecule has 2 aromatic carbocycles. The number of unbranched alkanes of at least 4 members (excludes halogenated alkanes) is 1. The molecular formula is C22H30OSi. The minimum absolute atomic E-state index is 0.284. The van der Waals surface area contributed by atoms with E-state index in [9.17, 15) is 0 Å². The van der Waals surface area contributed by atoms with Gasteiger partial charge in [-0.2, -0.15) is 0 Å². The summed E-state index contributed by atoms with van der Waals surface area (Å²) in [6.07, 6.45) is 4.38. The second-order valence-electron chi connectivity index (χ2n) is 8.09. The van der Waals surface area contributed by atoms with Crippen molar-refractivity contribution in [2.24, 2.45) is 0 Å². The molecule has 0 bridgehead atoms. The summed E-state index contributed by atoms with van der Waals surface area (Å²) in [5.41, 5.74) is 0. The molecule has 1 fully saturated rings. The van der Waals surface area contributed by atoms with E-state index in [4.69, 9.17) is 4.74 Å². The fourth-order valence-corrected chi connectivity index (χ4v) is 9.83. The lowest BCUT2D eigenvalue weighted by molar-refractivity contribution is 0.391. The van der Waals surface area contributed by atoms with Gasteiger partial charge in [0, 0.05) is 0 Å². The lowest BCUT2D eigenvalue weighted by Crippen LogP contribution is -2.64. The average Bonchev–Trinajstić information content (AvgIpc) is 3.40. The Morgan fingerprint density at radius 1 is 0.875 bits per heavy atom. The maximum atomic E-state index is 5.39. The fraction of sp³-hybridized carbons (Fsp3) is 0.455. The standard InChI is InChI=1S/C22H30OSi/c1-22(2,3)24(20-13-6-4-7-14-20,21-15-8-5-9-16-21)17-11-10-12-19-18-23-19/h4-9,13-16,19H,10-12,17-18H2,1-3H3/t19-/m1/s1. The van der Waals surface area contributed by atoms with E-state index in [0.29, 0.717) is 6.10 Å². The minimum Gasteiger partial charge on any atom is -0.373 e. The molecule has 0 saturated carbocycles. The van der Waals surface area contributed by atoms with Crippen LogP contribution in [-0.2, 0) is 4.74 Å². The highest BCUT2D eigenvalue weighted by Gasteiger charge is 2.46. The molecule has 2 aromatic rings. The maximum Gasteiger partial charge on any atom is 0.123 e. The molecule has 0 radical (unpaired) electrons. The van der Waals surface area contributed by atoms with Gasteiger partial charge < -0.3 is 4.74 Å². The van der Waals surface area contributed by atoms with Crippen LogP contribution in [0.3, 0.4) is 0 Å². The van der Waals surface area contributed by atoms with E-state index in [0.717, 1.165) is 6.61 Å². The molecule has 1 aliphatic heterocycles. The number of rotatable bonds is 7. The van der Waals surface area contributed by atoms with Crippen molar-refractivity contribution in [2.75, 3.05) is 6.61 Å². The molecule has 3 rings (SSSR count). The van der Waals surface area contributed by atoms with Crippen molar-refractivity contribution in [1.82, 2.24) is 0 Å². The summed E-state index contributed by atoms with van der Waals surface area (Å²) in [5.74, 6) is 0. The van der Waals surface area contributed by atoms with E-state index in [1.54, 1.807) is 10.4 Å². The Kier molecular flexibility index (Phi) is 5.26. The third-order valence-corrected chi connectivity index (χ3v) is 11.8. The van der Waals surface area contributed by atoms with Crippen LogP contribution in [-0.4, -0.2) is 20.8 Å². The zero-order valence-corrected chi connectivity index (χ0v) is 16.3. The van der Waals surface area contributed by atoms with Gasteiger partial charge in [-0.1, -0.05) is 105 Å². The second kappa shape index (κ2) is 7.24. The molecule has 1 aliphatic rings. The van der Waals surface area contributed by atoms with Gasteiger partial charge in [-0.3, -0.25) is 0 Å². The first-order chi connectivity index (χ1) is 11.5. The molecule has 128 valence electrons. The molecule has 1 atom stereocenters. The van der Waals surface area contributed by atoms with E-state index < -0.39 is 8.07 Å². The molecule has 0 amide bonds. The Bertz CT molecular complexity index is 587. The Labute approximate surface area is 148 Å². The minimum atomic E-state index is -1.84. The zero-order chi connectivity index (χ0) is 17.0. The first-order valence-electron chi connectivity index (χ1n) is 9.27. The molecule has 1 nitrogen and oxygen atoms in total. The highest BCUT2D eigenvalue weighted by Crippen LogP contribution is 2.39. The number of hydrogen-bond acceptors (Lipinski definition) is 1. The Morgan fingerprint density at radius 2 is 1.38 bits per heavy atom. The molecule has 24 heavy (non-hydrogen) atoms. The van der Waals surface area contributed by atoms with E-state index in [1.807, 2.05) is 0 Å². The fourth-order valence-electron chi connectivity index (χ4n) is 4.14. The van der Waals surface area contributed by atoms with E-state index in [2.05, 4.69) is 81.4 Å². The van der Waals surface area contributed by atoms with Crippen molar-refractivity contribution in [3.63, 3.8) is 0 Å². The van der Waals surface area contributed by atoms with Crippen LogP contribution in [0, 0.1) is 0 Å². The molecule has 0 aliphatic carbocycles. The van der Waals surface area contributed by atoms with Gasteiger partial charge >= 0.3 is 0 Å². The van der Waals surface area contributed by atoms with Gasteiger partial charge in [-0.05, 0) is 17.5 Å². The number of benzene rings is 2. The van der Waals surface area contributed by atoms with Crippen LogP contribution in [0.25, 0.3) is 0 Å². The Hall–Kier alpha value is -1.38. The van der Waals surface area contributed by atoms with Crippen LogP contribution < -0.4 is 10.4 Å². The van der Waals surface area contributed by atoms with Crippen LogP contribution >= 0.6 is 0 Å². The van der Waals surface area contributed by atoms with Crippen LogP contribution in [0.4, 0.5) is 0 Å². The van der Waals surface area contributed by atoms with Gasteiger partial charge in [0.1, 0.15) is 8.07 Å². The average molecular weight is 339 g/mol. The van der Waals surface area contributed by atoms with Gasteiger partial charge in [-0.25, -0.2) is 0 Å². The third-order valence-electron chi connectivity index (χ3n) is 5.54. The van der Waals surface area contributed by atoms with Gasteiger partial charge in [0.15, 0.2) is 0 Å². The lowest BCUT2D eigenvalue weighted by atomic mass is 10.2. The predicted molar refractivity (Wildman–Crippen MR) is 106 cm³/mol. The van der Waals surface area contributed by atoms with E-state index >= 15 is 0 Å². The quantitative estimate of drug-likeness (QED) is 0.408. The van der Waals surface area contributed by atoms with E-state index in [1.165, 1.54) is 25.3 Å². The molecule has 1 saturated heterocycles. The largest absolute Gasteiger partial charge is 0.373 e. The SMILES string of the molecule is CC(C)(C)[Si](CCCC[C@@H]1CO1)(c1ccccc1)c1ccccc1. The van der Waals surface area contributed by atoms with Crippen molar-refractivity contribution in [2.45, 2.75) is 57.2 Å². The smallest absolute Gasteiger partial charge is 0.123 e. The third kappa shape index (κ3) is 3.65. The Balaban J connectivity index is 1.96. The first-order valence-corrected chi connectivity index (χ1v) is 11.5. The zero-order valence-electron chi connectivity index (χ0n) is 15.3. The van der Waals surface area contributed by atoms with Crippen molar-refractivity contribution in [3.05, 3.63) is 60.7 Å². The lowest BCUT2D eigenvalue weighted by Gasteiger charge is -2.44. The molecular weight excluding hydrogens is 308 g/mol. The highest BCUT2D eigenvalue weighted by molar-refractivity contribution is 7.04. The van der Waals surface area contributed by atoms with Crippen molar-refractivity contribution in [3.8, 4) is 0 Å². The topological polar surface area (TPSA) is 12.5 Å². The highest BCUT2D eigenvalue weighted by atomic mass is 28.3. The summed E-state index contributed by atoms with van der Waals surface area (Å²) in [6, 6.07) is 23.9. The molecule has 0 N–H and O–H groups in total. The summed E-state index contributed by atoms with van der Waals surface area (Å²) in [4.78, 5) is 0. The molecule has 0 aromatic heterocycles. The van der Waals surface area contributed by atoms with Crippen LogP contribution in [0.1, 0.15) is 40.0 Å². The van der Waals surface area contributed by atoms with Gasteiger partial charge in [-0.15, -0.1) is 0 Å². The van der Waals surface area contributed by atoms with Crippen LogP contribution in [0.15, 0.2) is 60.7 Å². The number of epoxide rings is 1. The summed E-state index contributed by atoms with van der Waals surface area (Å²) >= 11 is 0. The van der Waals surface area contributed by atoms with Crippen molar-refractivity contribution in [1.29, 1.82) is 0 Å². The molecule has 0 unspecified atom stereocenters. The molecule has 1 heterocycles. The monoisotopic (exact) mass is 338 g/mol.